The number of nitrogens with zero attached hydrogens (tertiary/aromatic N) is 6. The van der Waals surface area contributed by atoms with Crippen LogP contribution in [0.3, 0.4) is 0 Å². The summed E-state index contributed by atoms with van der Waals surface area (Å²) < 4.78 is 37.4. The van der Waals surface area contributed by atoms with Gasteiger partial charge in [0.1, 0.15) is 0 Å². The Hall–Kier alpha value is -3.98. The van der Waals surface area contributed by atoms with Gasteiger partial charge >= 0.3 is 5.76 Å². The van der Waals surface area contributed by atoms with E-state index in [2.05, 4.69) is 24.3 Å². The highest BCUT2D eigenvalue weighted by atomic mass is 32.2. The molecule has 3 heterocycles. The summed E-state index contributed by atoms with van der Waals surface area (Å²) in [6, 6.07) is 3.90. The van der Waals surface area contributed by atoms with Gasteiger partial charge in [-0.3, -0.25) is 23.6 Å². The zero-order valence-electron chi connectivity index (χ0n) is 26.4. The van der Waals surface area contributed by atoms with E-state index < -0.39 is 28.2 Å². The number of aryl methyl sites for hydroxylation is 2. The van der Waals surface area contributed by atoms with Gasteiger partial charge in [0.05, 0.1) is 23.5 Å². The highest BCUT2D eigenvalue weighted by Gasteiger charge is 2.36. The second-order valence-electron chi connectivity index (χ2n) is 12.3. The molecule has 3 amide bonds. The Morgan fingerprint density at radius 1 is 1.09 bits per heavy atom. The third-order valence-electron chi connectivity index (χ3n) is 8.69. The number of hydrogen-bond acceptors (Lipinski definition) is 8. The summed E-state index contributed by atoms with van der Waals surface area (Å²) in [5.74, 6) is -1.40. The van der Waals surface area contributed by atoms with Gasteiger partial charge in [-0.05, 0) is 56.2 Å². The molecule has 244 valence electrons. The second kappa shape index (κ2) is 12.8. The second-order valence-corrected chi connectivity index (χ2v) is 14.3. The largest absolute Gasteiger partial charge is 0.419 e. The van der Waals surface area contributed by atoms with Crippen molar-refractivity contribution in [3.8, 4) is 0 Å². The van der Waals surface area contributed by atoms with Gasteiger partial charge in [0, 0.05) is 58.1 Å². The van der Waals surface area contributed by atoms with E-state index in [1.54, 1.807) is 23.7 Å². The van der Waals surface area contributed by atoms with Crippen molar-refractivity contribution < 1.29 is 27.2 Å². The Morgan fingerprint density at radius 3 is 2.58 bits per heavy atom. The van der Waals surface area contributed by atoms with E-state index in [4.69, 9.17) is 4.42 Å². The standard InChI is InChI=1S/C30H41N7O7S/c1-19(2)11-14-37-20-7-9-23-22(15-20)28(32-35(23)5)29(40)33(3)17-26(38)31-12-6-13-36(18-27(37)39)45(42,43)21-8-10-25-24(16-21)34(4)30(41)44-25/h8,10,16,19-20H,6-7,9,11-15,17-18H2,1-5H3,(H,31,38). The zero-order valence-corrected chi connectivity index (χ0v) is 27.2. The number of amides is 3. The predicted molar refractivity (Wildman–Crippen MR) is 165 cm³/mol. The number of carbonyl (C=O) groups excluding carboxylic acids is 3. The number of hydrogen-bond donors (Lipinski definition) is 1. The lowest BCUT2D eigenvalue weighted by Crippen LogP contribution is -2.50. The number of carbonyl (C=O) groups is 3. The lowest BCUT2D eigenvalue weighted by Gasteiger charge is -2.36. The smallest absolute Gasteiger partial charge is 0.408 e. The molecule has 2 bridgehead atoms. The molecule has 5 rings (SSSR count). The van der Waals surface area contributed by atoms with Gasteiger partial charge in [-0.1, -0.05) is 13.8 Å². The van der Waals surface area contributed by atoms with Crippen LogP contribution in [-0.2, 0) is 46.5 Å². The van der Waals surface area contributed by atoms with Gasteiger partial charge in [-0.25, -0.2) is 13.2 Å². The Balaban J connectivity index is 1.53. The summed E-state index contributed by atoms with van der Waals surface area (Å²) in [5, 5.41) is 7.26. The lowest BCUT2D eigenvalue weighted by molar-refractivity contribution is -0.134. The fourth-order valence-electron chi connectivity index (χ4n) is 6.07. The molecular formula is C30H41N7O7S. The number of likely N-dealkylation sites (N-methyl/N-ethyl adjacent to an activating group) is 1. The number of benzene rings is 1. The van der Waals surface area contributed by atoms with E-state index in [-0.39, 0.29) is 60.1 Å². The van der Waals surface area contributed by atoms with E-state index in [9.17, 15) is 27.6 Å². The minimum absolute atomic E-state index is 0.0366. The van der Waals surface area contributed by atoms with Crippen molar-refractivity contribution in [1.29, 1.82) is 0 Å². The molecule has 15 heteroatoms. The molecule has 0 saturated heterocycles. The molecular weight excluding hydrogens is 602 g/mol. The van der Waals surface area contributed by atoms with Gasteiger partial charge in [-0.2, -0.15) is 9.40 Å². The maximum atomic E-state index is 14.1. The van der Waals surface area contributed by atoms with Crippen LogP contribution in [0.25, 0.3) is 11.1 Å². The molecule has 2 aliphatic rings. The van der Waals surface area contributed by atoms with Crippen LogP contribution < -0.4 is 11.1 Å². The Morgan fingerprint density at radius 2 is 1.84 bits per heavy atom. The molecule has 2 aromatic heterocycles. The summed E-state index contributed by atoms with van der Waals surface area (Å²) in [4.78, 5) is 55.3. The number of rotatable bonds is 5. The summed E-state index contributed by atoms with van der Waals surface area (Å²) in [7, 11) is 0.620. The zero-order chi connectivity index (χ0) is 32.6. The molecule has 1 aliphatic carbocycles. The molecule has 1 N–H and O–H groups in total. The van der Waals surface area contributed by atoms with E-state index in [1.807, 2.05) is 0 Å². The summed E-state index contributed by atoms with van der Waals surface area (Å²) in [5.41, 5.74) is 2.51. The first-order valence-electron chi connectivity index (χ1n) is 15.2. The fraction of sp³-hybridized carbons (Fsp3) is 0.567. The Labute approximate surface area is 262 Å². The molecule has 1 unspecified atom stereocenters. The van der Waals surface area contributed by atoms with Crippen molar-refractivity contribution in [2.75, 3.05) is 39.8 Å². The minimum atomic E-state index is -4.20. The van der Waals surface area contributed by atoms with Gasteiger partial charge in [-0.15, -0.1) is 0 Å². The van der Waals surface area contributed by atoms with Crippen LogP contribution in [0.2, 0.25) is 0 Å². The molecule has 0 saturated carbocycles. The molecule has 3 aromatic rings. The van der Waals surface area contributed by atoms with Crippen LogP contribution in [0, 0.1) is 5.92 Å². The Bertz CT molecular complexity index is 1790. The highest BCUT2D eigenvalue weighted by molar-refractivity contribution is 7.89. The van der Waals surface area contributed by atoms with Gasteiger partial charge in [0.2, 0.25) is 21.8 Å². The number of oxazole rings is 1. The average molecular weight is 644 g/mol. The average Bonchev–Trinajstić information content (AvgIpc) is 3.47. The van der Waals surface area contributed by atoms with E-state index in [0.717, 1.165) is 22.0 Å². The molecule has 0 radical (unpaired) electrons. The number of fused-ring (bicyclic) bond motifs is 2. The van der Waals surface area contributed by atoms with Crippen LogP contribution >= 0.6 is 0 Å². The molecule has 1 atom stereocenters. The first-order valence-corrected chi connectivity index (χ1v) is 16.7. The first-order chi connectivity index (χ1) is 21.3. The molecule has 1 aliphatic heterocycles. The quantitative estimate of drug-likeness (QED) is 0.429. The maximum absolute atomic E-state index is 14.1. The van der Waals surface area contributed by atoms with Crippen LogP contribution in [0.5, 0.6) is 0 Å². The number of sulfonamides is 1. The van der Waals surface area contributed by atoms with Gasteiger partial charge in [0.25, 0.3) is 5.91 Å². The van der Waals surface area contributed by atoms with Crippen molar-refractivity contribution >= 4 is 38.8 Å². The minimum Gasteiger partial charge on any atom is -0.408 e. The van der Waals surface area contributed by atoms with E-state index in [1.165, 1.54) is 34.7 Å². The lowest BCUT2D eigenvalue weighted by atomic mass is 9.89. The normalized spacial score (nSPS) is 19.5. The first kappa shape index (κ1) is 32.4. The Kier molecular flexibility index (Phi) is 9.21. The van der Waals surface area contributed by atoms with Crippen molar-refractivity contribution in [2.45, 2.75) is 56.9 Å². The molecule has 1 aromatic carbocycles. The van der Waals surface area contributed by atoms with Crippen LogP contribution in [0.15, 0.2) is 32.3 Å². The molecule has 0 fully saturated rings. The van der Waals surface area contributed by atoms with Crippen LogP contribution in [0.4, 0.5) is 0 Å². The maximum Gasteiger partial charge on any atom is 0.419 e. The van der Waals surface area contributed by atoms with Crippen LogP contribution in [-0.4, -0.2) is 100 Å². The van der Waals surface area contributed by atoms with Crippen molar-refractivity contribution in [1.82, 2.24) is 33.8 Å². The van der Waals surface area contributed by atoms with Gasteiger partial charge < -0.3 is 19.5 Å². The summed E-state index contributed by atoms with van der Waals surface area (Å²) >= 11 is 0. The topological polar surface area (TPSA) is 160 Å². The predicted octanol–water partition coefficient (Wildman–Crippen LogP) is 0.880. The molecule has 45 heavy (non-hydrogen) atoms. The van der Waals surface area contributed by atoms with Gasteiger partial charge in [0.15, 0.2) is 11.3 Å². The van der Waals surface area contributed by atoms with Crippen molar-refractivity contribution in [3.63, 3.8) is 0 Å². The third kappa shape index (κ3) is 6.54. The molecule has 0 spiro atoms. The number of aromatic nitrogens is 3. The van der Waals surface area contributed by atoms with Crippen molar-refractivity contribution in [3.05, 3.63) is 45.7 Å². The molecule has 14 nitrogen and oxygen atoms in total. The van der Waals surface area contributed by atoms with E-state index >= 15 is 0 Å². The monoisotopic (exact) mass is 643 g/mol. The van der Waals surface area contributed by atoms with Crippen LogP contribution in [0.1, 0.15) is 54.9 Å². The van der Waals surface area contributed by atoms with E-state index in [0.29, 0.717) is 37.2 Å². The summed E-state index contributed by atoms with van der Waals surface area (Å²) in [6.45, 7) is 4.09. The third-order valence-corrected chi connectivity index (χ3v) is 10.5. The SMILES string of the molecule is CC(C)CCN1C(=O)CN(S(=O)(=O)c2ccc3oc(=O)n(C)c3c2)CCCNC(=O)CN(C)C(=O)c2nn(C)c3c2CC1CC3. The van der Waals surface area contributed by atoms with Crippen molar-refractivity contribution in [2.24, 2.45) is 20.0 Å². The highest BCUT2D eigenvalue weighted by Crippen LogP contribution is 2.29. The summed E-state index contributed by atoms with van der Waals surface area (Å²) in [6.07, 6.45) is 2.58. The fourth-order valence-corrected chi connectivity index (χ4v) is 7.51. The number of nitrogens with one attached hydrogen (secondary N) is 1.